The lowest BCUT2D eigenvalue weighted by Crippen LogP contribution is -1.99. The van der Waals surface area contributed by atoms with Crippen molar-refractivity contribution < 1.29 is 13.5 Å². The number of benzene rings is 1. The minimum absolute atomic E-state index is 0.00875. The fourth-order valence-electron chi connectivity index (χ4n) is 1.40. The normalized spacial score (nSPS) is 11.4. The second-order valence-electron chi connectivity index (χ2n) is 3.52. The number of H-pyrrole nitrogens is 1. The summed E-state index contributed by atoms with van der Waals surface area (Å²) in [7, 11) is 1.54. The zero-order chi connectivity index (χ0) is 13.8. The van der Waals surface area contributed by atoms with Crippen molar-refractivity contribution in [1.29, 1.82) is 0 Å². The molecule has 0 aliphatic rings. The third kappa shape index (κ3) is 3.02. The summed E-state index contributed by atoms with van der Waals surface area (Å²) < 4.78 is 31.2. The molecule has 0 aliphatic carbocycles. The van der Waals surface area contributed by atoms with Gasteiger partial charge in [0.25, 0.3) is 6.43 Å². The van der Waals surface area contributed by atoms with Crippen molar-refractivity contribution >= 4 is 18.4 Å². The number of nitrogens with zero attached hydrogens (tertiary/aromatic N) is 3. The number of halogens is 2. The van der Waals surface area contributed by atoms with Crippen LogP contribution in [0.3, 0.4) is 0 Å². The molecule has 0 unspecified atom stereocenters. The van der Waals surface area contributed by atoms with Crippen molar-refractivity contribution in [3.8, 4) is 5.75 Å². The molecular weight excluding hydrogens is 274 g/mol. The molecular formula is C11H10F2N4OS. The Balaban J connectivity index is 2.32. The summed E-state index contributed by atoms with van der Waals surface area (Å²) in [4.78, 5) is 0. The van der Waals surface area contributed by atoms with Gasteiger partial charge in [-0.15, -0.1) is 0 Å². The van der Waals surface area contributed by atoms with E-state index in [0.29, 0.717) is 11.3 Å². The maximum Gasteiger partial charge on any atom is 0.299 e. The van der Waals surface area contributed by atoms with E-state index in [9.17, 15) is 8.78 Å². The third-order valence-corrected chi connectivity index (χ3v) is 2.55. The van der Waals surface area contributed by atoms with Crippen LogP contribution in [0.15, 0.2) is 29.4 Å². The standard InChI is InChI=1S/C11H10F2N4OS/c1-18-8-4-2-3-7(5-8)6-14-17-10(9(12)13)15-16-11(17)19/h2-6,9H,1H3,(H,16,19)/b14-6-. The van der Waals surface area contributed by atoms with Crippen molar-refractivity contribution in [2.45, 2.75) is 6.43 Å². The zero-order valence-corrected chi connectivity index (χ0v) is 10.7. The molecule has 2 aromatic rings. The van der Waals surface area contributed by atoms with E-state index in [1.54, 1.807) is 24.3 Å². The molecule has 0 aliphatic heterocycles. The van der Waals surface area contributed by atoms with Crippen LogP contribution in [0, 0.1) is 4.77 Å². The van der Waals surface area contributed by atoms with E-state index in [4.69, 9.17) is 17.0 Å². The van der Waals surface area contributed by atoms with Gasteiger partial charge in [0.05, 0.1) is 13.3 Å². The number of hydrogen-bond acceptors (Lipinski definition) is 4. The highest BCUT2D eigenvalue weighted by Gasteiger charge is 2.15. The molecule has 0 bridgehead atoms. The number of methoxy groups -OCH3 is 1. The molecule has 1 aromatic carbocycles. The number of aromatic amines is 1. The Morgan fingerprint density at radius 2 is 2.32 bits per heavy atom. The Hall–Kier alpha value is -2.09. The molecule has 100 valence electrons. The van der Waals surface area contributed by atoms with Crippen LogP contribution in [0.4, 0.5) is 8.78 Å². The molecule has 0 radical (unpaired) electrons. The van der Waals surface area contributed by atoms with Gasteiger partial charge in [-0.2, -0.15) is 14.9 Å². The van der Waals surface area contributed by atoms with E-state index < -0.39 is 12.2 Å². The van der Waals surface area contributed by atoms with Gasteiger partial charge in [-0.25, -0.2) is 13.9 Å². The first-order valence-corrected chi connectivity index (χ1v) is 5.66. The minimum atomic E-state index is -2.75. The third-order valence-electron chi connectivity index (χ3n) is 2.29. The van der Waals surface area contributed by atoms with Crippen molar-refractivity contribution in [1.82, 2.24) is 14.9 Å². The van der Waals surface area contributed by atoms with E-state index in [2.05, 4.69) is 15.3 Å². The monoisotopic (exact) mass is 284 g/mol. The van der Waals surface area contributed by atoms with Crippen molar-refractivity contribution in [3.05, 3.63) is 40.4 Å². The Bertz CT molecular complexity index is 650. The zero-order valence-electron chi connectivity index (χ0n) is 9.88. The molecule has 0 amide bonds. The smallest absolute Gasteiger partial charge is 0.299 e. The molecule has 2 rings (SSSR count). The summed E-state index contributed by atoms with van der Waals surface area (Å²) in [6, 6.07) is 7.02. The molecule has 0 saturated carbocycles. The summed E-state index contributed by atoms with van der Waals surface area (Å²) in [6.07, 6.45) is -1.35. The number of ether oxygens (including phenoxy) is 1. The Morgan fingerprint density at radius 1 is 1.53 bits per heavy atom. The second-order valence-corrected chi connectivity index (χ2v) is 3.91. The molecule has 1 aromatic heterocycles. The lowest BCUT2D eigenvalue weighted by atomic mass is 10.2. The molecule has 5 nitrogen and oxygen atoms in total. The summed E-state index contributed by atoms with van der Waals surface area (Å²) in [5.41, 5.74) is 0.697. The topological polar surface area (TPSA) is 55.2 Å². The highest BCUT2D eigenvalue weighted by Crippen LogP contribution is 2.16. The van der Waals surface area contributed by atoms with Gasteiger partial charge in [0.15, 0.2) is 0 Å². The van der Waals surface area contributed by atoms with Gasteiger partial charge in [0.2, 0.25) is 10.6 Å². The quantitative estimate of drug-likeness (QED) is 0.694. The molecule has 0 spiro atoms. The summed E-state index contributed by atoms with van der Waals surface area (Å²) in [6.45, 7) is 0. The lowest BCUT2D eigenvalue weighted by molar-refractivity contribution is 0.136. The lowest BCUT2D eigenvalue weighted by Gasteiger charge is -2.01. The summed E-state index contributed by atoms with van der Waals surface area (Å²) >= 11 is 4.83. The molecule has 1 heterocycles. The maximum absolute atomic E-state index is 12.6. The van der Waals surface area contributed by atoms with E-state index in [1.807, 2.05) is 0 Å². The predicted octanol–water partition coefficient (Wildman–Crippen LogP) is 2.77. The van der Waals surface area contributed by atoms with Gasteiger partial charge >= 0.3 is 0 Å². The molecule has 8 heteroatoms. The van der Waals surface area contributed by atoms with Crippen LogP contribution in [0.1, 0.15) is 17.8 Å². The first-order chi connectivity index (χ1) is 9.11. The Kier molecular flexibility index (Phi) is 4.00. The first-order valence-electron chi connectivity index (χ1n) is 5.25. The van der Waals surface area contributed by atoms with Crippen molar-refractivity contribution in [2.75, 3.05) is 7.11 Å². The van der Waals surface area contributed by atoms with E-state index >= 15 is 0 Å². The predicted molar refractivity (Wildman–Crippen MR) is 68.4 cm³/mol. The van der Waals surface area contributed by atoms with Crippen LogP contribution in [0.25, 0.3) is 0 Å². The van der Waals surface area contributed by atoms with Crippen LogP contribution >= 0.6 is 12.2 Å². The van der Waals surface area contributed by atoms with Crippen molar-refractivity contribution in [3.63, 3.8) is 0 Å². The number of rotatable bonds is 4. The second kappa shape index (κ2) is 5.70. The Morgan fingerprint density at radius 3 is 3.00 bits per heavy atom. The van der Waals surface area contributed by atoms with Gasteiger partial charge in [-0.05, 0) is 29.9 Å². The summed E-state index contributed by atoms with van der Waals surface area (Å²) in [5, 5.41) is 9.58. The SMILES string of the molecule is COc1cccc(/C=N\n2c(C(F)F)n[nH]c2=S)c1. The molecule has 0 saturated heterocycles. The maximum atomic E-state index is 12.6. The van der Waals surface area contributed by atoms with Gasteiger partial charge in [0.1, 0.15) is 5.75 Å². The largest absolute Gasteiger partial charge is 0.497 e. The number of aromatic nitrogens is 3. The van der Waals surface area contributed by atoms with Crippen LogP contribution in [-0.2, 0) is 0 Å². The van der Waals surface area contributed by atoms with Gasteiger partial charge in [-0.3, -0.25) is 0 Å². The minimum Gasteiger partial charge on any atom is -0.497 e. The summed E-state index contributed by atoms with van der Waals surface area (Å²) in [5.74, 6) is 0.123. The molecule has 19 heavy (non-hydrogen) atoms. The first kappa shape index (κ1) is 13.3. The van der Waals surface area contributed by atoms with Crippen LogP contribution < -0.4 is 4.74 Å². The van der Waals surface area contributed by atoms with E-state index in [1.165, 1.54) is 13.3 Å². The Labute approximate surface area is 112 Å². The fraction of sp³-hybridized carbons (Fsp3) is 0.182. The fourth-order valence-corrected chi connectivity index (χ4v) is 1.59. The van der Waals surface area contributed by atoms with Gasteiger partial charge < -0.3 is 4.74 Å². The molecule has 0 fully saturated rings. The average Bonchev–Trinajstić information content (AvgIpc) is 2.78. The highest BCUT2D eigenvalue weighted by molar-refractivity contribution is 7.71. The number of nitrogens with one attached hydrogen (secondary N) is 1. The van der Waals surface area contributed by atoms with Crippen LogP contribution in [0.5, 0.6) is 5.75 Å². The van der Waals surface area contributed by atoms with Crippen molar-refractivity contribution in [2.24, 2.45) is 5.10 Å². The van der Waals surface area contributed by atoms with E-state index in [-0.39, 0.29) is 4.77 Å². The molecule has 0 atom stereocenters. The van der Waals surface area contributed by atoms with Gasteiger partial charge in [-0.1, -0.05) is 12.1 Å². The van der Waals surface area contributed by atoms with Crippen LogP contribution in [-0.4, -0.2) is 28.2 Å². The van der Waals surface area contributed by atoms with Crippen LogP contribution in [0.2, 0.25) is 0 Å². The number of hydrogen-bond donors (Lipinski definition) is 1. The van der Waals surface area contributed by atoms with Gasteiger partial charge in [0, 0.05) is 0 Å². The molecule has 1 N–H and O–H groups in total. The number of alkyl halides is 2. The highest BCUT2D eigenvalue weighted by atomic mass is 32.1. The average molecular weight is 284 g/mol. The van der Waals surface area contributed by atoms with E-state index in [0.717, 1.165) is 4.68 Å².